The molecule has 19 heavy (non-hydrogen) atoms. The van der Waals surface area contributed by atoms with E-state index in [0.717, 1.165) is 12.5 Å². The van der Waals surface area contributed by atoms with Gasteiger partial charge in [0.15, 0.2) is 0 Å². The van der Waals surface area contributed by atoms with Gasteiger partial charge in [-0.15, -0.1) is 0 Å². The van der Waals surface area contributed by atoms with Gasteiger partial charge in [-0.2, -0.15) is 0 Å². The van der Waals surface area contributed by atoms with Crippen LogP contribution in [0.5, 0.6) is 0 Å². The molecule has 0 aromatic heterocycles. The molecule has 2 fully saturated rings. The summed E-state index contributed by atoms with van der Waals surface area (Å²) in [4.78, 5) is 0. The van der Waals surface area contributed by atoms with E-state index in [1.165, 1.54) is 51.5 Å². The van der Waals surface area contributed by atoms with Crippen LogP contribution in [0.3, 0.4) is 0 Å². The van der Waals surface area contributed by atoms with Crippen LogP contribution in [0.4, 0.5) is 0 Å². The Balaban J connectivity index is 1.80. The quantitative estimate of drug-likeness (QED) is 0.810. The van der Waals surface area contributed by atoms with Crippen LogP contribution in [-0.4, -0.2) is 24.7 Å². The highest BCUT2D eigenvalue weighted by Crippen LogP contribution is 2.38. The van der Waals surface area contributed by atoms with E-state index in [0.29, 0.717) is 17.0 Å². The first-order valence-electron chi connectivity index (χ1n) is 8.37. The minimum Gasteiger partial charge on any atom is -0.313 e. The van der Waals surface area contributed by atoms with Crippen molar-refractivity contribution < 1.29 is 0 Å². The van der Waals surface area contributed by atoms with E-state index in [-0.39, 0.29) is 0 Å². The minimum atomic E-state index is 0.310. The van der Waals surface area contributed by atoms with E-state index in [1.807, 2.05) is 0 Å². The zero-order chi connectivity index (χ0) is 13.9. The van der Waals surface area contributed by atoms with E-state index in [9.17, 15) is 0 Å². The van der Waals surface area contributed by atoms with Crippen molar-refractivity contribution in [2.45, 2.75) is 84.2 Å². The fourth-order valence-corrected chi connectivity index (χ4v) is 3.99. The first-order valence-corrected chi connectivity index (χ1v) is 8.37. The normalized spacial score (nSPS) is 29.4. The molecule has 1 saturated heterocycles. The van der Waals surface area contributed by atoms with Crippen molar-refractivity contribution in [1.29, 1.82) is 0 Å². The Morgan fingerprint density at radius 2 is 1.79 bits per heavy atom. The maximum absolute atomic E-state index is 3.87. The predicted molar refractivity (Wildman–Crippen MR) is 83.5 cm³/mol. The van der Waals surface area contributed by atoms with Crippen LogP contribution in [0.15, 0.2) is 0 Å². The minimum absolute atomic E-state index is 0.310. The molecule has 2 rings (SSSR count). The summed E-state index contributed by atoms with van der Waals surface area (Å²) >= 11 is 0. The Morgan fingerprint density at radius 3 is 2.42 bits per heavy atom. The second-order valence-electron chi connectivity index (χ2n) is 8.20. The number of hydrogen-bond acceptors (Lipinski definition) is 2. The lowest BCUT2D eigenvalue weighted by Crippen LogP contribution is -2.53. The van der Waals surface area contributed by atoms with Gasteiger partial charge in [0, 0.05) is 18.1 Å². The second kappa shape index (κ2) is 6.13. The molecule has 0 bridgehead atoms. The fraction of sp³-hybridized carbons (Fsp3) is 1.00. The third kappa shape index (κ3) is 4.46. The Hall–Kier alpha value is -0.0800. The maximum atomic E-state index is 3.87. The van der Waals surface area contributed by atoms with Gasteiger partial charge in [0.05, 0.1) is 0 Å². The van der Waals surface area contributed by atoms with Crippen molar-refractivity contribution in [2.75, 3.05) is 13.1 Å². The molecular weight excluding hydrogens is 232 g/mol. The SMILES string of the molecule is CC1(C)CC(NCC(C)(C)C2CCCCC2)CCN1. The molecule has 1 unspecified atom stereocenters. The smallest absolute Gasteiger partial charge is 0.0139 e. The summed E-state index contributed by atoms with van der Waals surface area (Å²) in [6.07, 6.45) is 9.81. The van der Waals surface area contributed by atoms with Gasteiger partial charge in [-0.05, 0) is 57.4 Å². The molecule has 0 radical (unpaired) electrons. The first-order chi connectivity index (χ1) is 8.89. The Labute approximate surface area is 120 Å². The predicted octanol–water partition coefficient (Wildman–Crippen LogP) is 3.71. The van der Waals surface area contributed by atoms with Gasteiger partial charge < -0.3 is 10.6 Å². The van der Waals surface area contributed by atoms with E-state index in [1.54, 1.807) is 0 Å². The summed E-state index contributed by atoms with van der Waals surface area (Å²) in [5.41, 5.74) is 0.778. The number of rotatable bonds is 4. The topological polar surface area (TPSA) is 24.1 Å². The highest BCUT2D eigenvalue weighted by atomic mass is 15.0. The highest BCUT2D eigenvalue weighted by molar-refractivity contribution is 4.91. The molecule has 0 aromatic rings. The summed E-state index contributed by atoms with van der Waals surface area (Å²) in [7, 11) is 0. The van der Waals surface area contributed by atoms with Crippen LogP contribution < -0.4 is 10.6 Å². The van der Waals surface area contributed by atoms with Crippen LogP contribution in [0.2, 0.25) is 0 Å². The molecule has 1 aliphatic carbocycles. The van der Waals surface area contributed by atoms with Crippen molar-refractivity contribution in [2.24, 2.45) is 11.3 Å². The van der Waals surface area contributed by atoms with Crippen molar-refractivity contribution >= 4 is 0 Å². The number of nitrogens with one attached hydrogen (secondary N) is 2. The van der Waals surface area contributed by atoms with Gasteiger partial charge in [-0.3, -0.25) is 0 Å². The van der Waals surface area contributed by atoms with Gasteiger partial charge in [-0.25, -0.2) is 0 Å². The van der Waals surface area contributed by atoms with Crippen LogP contribution in [0, 0.1) is 11.3 Å². The summed E-state index contributed by atoms with van der Waals surface area (Å²) in [6, 6.07) is 0.708. The Kier molecular flexibility index (Phi) is 4.94. The van der Waals surface area contributed by atoms with Crippen LogP contribution in [-0.2, 0) is 0 Å². The van der Waals surface area contributed by atoms with Gasteiger partial charge in [0.1, 0.15) is 0 Å². The van der Waals surface area contributed by atoms with E-state index >= 15 is 0 Å². The van der Waals surface area contributed by atoms with Crippen LogP contribution >= 0.6 is 0 Å². The molecule has 1 atom stereocenters. The number of hydrogen-bond donors (Lipinski definition) is 2. The van der Waals surface area contributed by atoms with Crippen molar-refractivity contribution in [3.8, 4) is 0 Å². The average Bonchev–Trinajstić information content (AvgIpc) is 2.37. The molecule has 1 aliphatic heterocycles. The number of piperidine rings is 1. The Bertz CT molecular complexity index is 277. The third-order valence-electron chi connectivity index (χ3n) is 5.41. The van der Waals surface area contributed by atoms with Gasteiger partial charge >= 0.3 is 0 Å². The first kappa shape index (κ1) is 15.3. The molecule has 2 N–H and O–H groups in total. The molecule has 2 aliphatic rings. The molecule has 0 spiro atoms. The van der Waals surface area contributed by atoms with Gasteiger partial charge in [0.2, 0.25) is 0 Å². The molecular formula is C17H34N2. The Morgan fingerprint density at radius 1 is 1.11 bits per heavy atom. The van der Waals surface area contributed by atoms with Crippen molar-refractivity contribution in [1.82, 2.24) is 10.6 Å². The highest BCUT2D eigenvalue weighted by Gasteiger charge is 2.32. The molecule has 112 valence electrons. The molecule has 1 saturated carbocycles. The molecule has 0 aromatic carbocycles. The summed E-state index contributed by atoms with van der Waals surface area (Å²) in [5.74, 6) is 0.934. The standard InChI is InChI=1S/C17H34N2/c1-16(2,14-8-6-5-7-9-14)13-18-15-10-11-19-17(3,4)12-15/h14-15,18-19H,5-13H2,1-4H3. The van der Waals surface area contributed by atoms with E-state index in [4.69, 9.17) is 0 Å². The summed E-state index contributed by atoms with van der Waals surface area (Å²) in [6.45, 7) is 12.0. The van der Waals surface area contributed by atoms with E-state index < -0.39 is 0 Å². The molecule has 2 nitrogen and oxygen atoms in total. The molecule has 1 heterocycles. The average molecular weight is 266 g/mol. The van der Waals surface area contributed by atoms with Gasteiger partial charge in [-0.1, -0.05) is 33.1 Å². The summed E-state index contributed by atoms with van der Waals surface area (Å²) < 4.78 is 0. The molecule has 0 amide bonds. The lowest BCUT2D eigenvalue weighted by molar-refractivity contribution is 0.139. The van der Waals surface area contributed by atoms with Crippen LogP contribution in [0.1, 0.15) is 72.6 Å². The third-order valence-corrected chi connectivity index (χ3v) is 5.41. The zero-order valence-corrected chi connectivity index (χ0v) is 13.5. The van der Waals surface area contributed by atoms with Crippen molar-refractivity contribution in [3.63, 3.8) is 0 Å². The lowest BCUT2D eigenvalue weighted by Gasteiger charge is -2.41. The summed E-state index contributed by atoms with van der Waals surface area (Å²) in [5, 5.41) is 7.48. The second-order valence-corrected chi connectivity index (χ2v) is 8.20. The fourth-order valence-electron chi connectivity index (χ4n) is 3.99. The van der Waals surface area contributed by atoms with Gasteiger partial charge in [0.25, 0.3) is 0 Å². The zero-order valence-electron chi connectivity index (χ0n) is 13.5. The maximum Gasteiger partial charge on any atom is 0.0139 e. The van der Waals surface area contributed by atoms with Crippen molar-refractivity contribution in [3.05, 3.63) is 0 Å². The monoisotopic (exact) mass is 266 g/mol. The van der Waals surface area contributed by atoms with Crippen LogP contribution in [0.25, 0.3) is 0 Å². The largest absolute Gasteiger partial charge is 0.313 e. The lowest BCUT2D eigenvalue weighted by atomic mass is 9.71. The van der Waals surface area contributed by atoms with E-state index in [2.05, 4.69) is 38.3 Å². The molecule has 2 heteroatoms.